The Morgan fingerprint density at radius 2 is 2.06 bits per heavy atom. The zero-order chi connectivity index (χ0) is 13.8. The Balaban J connectivity index is 2.63. The second-order valence-electron chi connectivity index (χ2n) is 3.82. The van der Waals surface area contributed by atoms with Gasteiger partial charge in [-0.15, -0.1) is 0 Å². The molecule has 1 heterocycles. The highest BCUT2D eigenvalue weighted by molar-refractivity contribution is 7.89. The van der Waals surface area contributed by atoms with Crippen molar-refractivity contribution in [2.75, 3.05) is 20.6 Å². The summed E-state index contributed by atoms with van der Waals surface area (Å²) in [5, 5.41) is 0. The van der Waals surface area contributed by atoms with E-state index in [0.717, 1.165) is 12.3 Å². The van der Waals surface area contributed by atoms with Gasteiger partial charge in [0.05, 0.1) is 4.90 Å². The van der Waals surface area contributed by atoms with Crippen LogP contribution < -0.4 is 10.3 Å². The summed E-state index contributed by atoms with van der Waals surface area (Å²) in [6.45, 7) is 0.0124. The van der Waals surface area contributed by atoms with Gasteiger partial charge in [-0.1, -0.05) is 0 Å². The van der Waals surface area contributed by atoms with Crippen LogP contribution in [0, 0.1) is 0 Å². The first-order chi connectivity index (χ1) is 8.33. The van der Waals surface area contributed by atoms with E-state index in [1.165, 1.54) is 11.0 Å². The van der Waals surface area contributed by atoms with E-state index in [1.807, 2.05) is 0 Å². The number of pyridine rings is 1. The fraction of sp³-hybridized carbons (Fsp3) is 0.400. The quantitative estimate of drug-likeness (QED) is 0.728. The molecule has 1 aromatic heterocycles. The van der Waals surface area contributed by atoms with Crippen molar-refractivity contribution in [3.8, 4) is 0 Å². The smallest absolute Gasteiger partial charge is 0.247 e. The Bertz CT molecular complexity index is 557. The molecule has 1 aromatic rings. The fourth-order valence-corrected chi connectivity index (χ4v) is 2.16. The summed E-state index contributed by atoms with van der Waals surface area (Å²) in [5.74, 6) is -0.167. The van der Waals surface area contributed by atoms with Gasteiger partial charge >= 0.3 is 0 Å². The lowest BCUT2D eigenvalue weighted by molar-refractivity contribution is -0.128. The van der Waals surface area contributed by atoms with E-state index < -0.39 is 10.0 Å². The topological polar surface area (TPSA) is 99.3 Å². The number of amides is 1. The number of nitrogens with one attached hydrogen (secondary N) is 2. The van der Waals surface area contributed by atoms with Crippen molar-refractivity contribution < 1.29 is 13.2 Å². The molecule has 100 valence electrons. The van der Waals surface area contributed by atoms with E-state index in [9.17, 15) is 18.0 Å². The Morgan fingerprint density at radius 3 is 2.56 bits per heavy atom. The predicted octanol–water partition coefficient (Wildman–Crippen LogP) is -0.868. The van der Waals surface area contributed by atoms with Gasteiger partial charge in [0, 0.05) is 39.3 Å². The number of carbonyl (C=O) groups is 1. The van der Waals surface area contributed by atoms with Gasteiger partial charge in [0.15, 0.2) is 0 Å². The second-order valence-corrected chi connectivity index (χ2v) is 5.59. The van der Waals surface area contributed by atoms with Crippen molar-refractivity contribution >= 4 is 15.9 Å². The fourth-order valence-electron chi connectivity index (χ4n) is 1.16. The van der Waals surface area contributed by atoms with Crippen LogP contribution in [-0.2, 0) is 14.8 Å². The minimum absolute atomic E-state index is 0.0124. The minimum atomic E-state index is -3.69. The number of hydrogen-bond donors (Lipinski definition) is 2. The summed E-state index contributed by atoms with van der Waals surface area (Å²) in [4.78, 5) is 25.7. The average Bonchev–Trinajstić information content (AvgIpc) is 2.29. The monoisotopic (exact) mass is 273 g/mol. The summed E-state index contributed by atoms with van der Waals surface area (Å²) in [6, 6.07) is 2.33. The molecule has 1 rings (SSSR count). The summed E-state index contributed by atoms with van der Waals surface area (Å²) in [5.41, 5.74) is -0.378. The lowest BCUT2D eigenvalue weighted by Gasteiger charge is -2.10. The maximum Gasteiger partial charge on any atom is 0.247 e. The Morgan fingerprint density at radius 1 is 1.39 bits per heavy atom. The zero-order valence-electron chi connectivity index (χ0n) is 10.1. The number of nitrogens with zero attached hydrogens (tertiary/aromatic N) is 1. The van der Waals surface area contributed by atoms with Gasteiger partial charge < -0.3 is 9.88 Å². The van der Waals surface area contributed by atoms with Crippen molar-refractivity contribution in [3.05, 3.63) is 28.7 Å². The van der Waals surface area contributed by atoms with E-state index in [0.29, 0.717) is 0 Å². The Labute approximate surface area is 105 Å². The third kappa shape index (κ3) is 3.97. The van der Waals surface area contributed by atoms with E-state index in [2.05, 4.69) is 9.71 Å². The molecule has 0 saturated carbocycles. The Kier molecular flexibility index (Phi) is 4.62. The van der Waals surface area contributed by atoms with Crippen LogP contribution in [-0.4, -0.2) is 44.8 Å². The van der Waals surface area contributed by atoms with Crippen LogP contribution in [0.5, 0.6) is 0 Å². The van der Waals surface area contributed by atoms with Crippen LogP contribution in [0.25, 0.3) is 0 Å². The van der Waals surface area contributed by atoms with Crippen molar-refractivity contribution in [1.82, 2.24) is 14.6 Å². The summed E-state index contributed by atoms with van der Waals surface area (Å²) in [7, 11) is -0.497. The van der Waals surface area contributed by atoms with Gasteiger partial charge in [0.1, 0.15) is 0 Å². The van der Waals surface area contributed by atoms with Gasteiger partial charge in [-0.2, -0.15) is 0 Å². The SMILES string of the molecule is CN(C)C(=O)CCNS(=O)(=O)c1ccc(=O)[nH]c1. The summed E-state index contributed by atoms with van der Waals surface area (Å²) in [6.07, 6.45) is 1.19. The molecule has 2 N–H and O–H groups in total. The van der Waals surface area contributed by atoms with Crippen LogP contribution in [0.3, 0.4) is 0 Å². The van der Waals surface area contributed by atoms with Crippen molar-refractivity contribution in [1.29, 1.82) is 0 Å². The molecular formula is C10H15N3O4S. The average molecular weight is 273 g/mol. The molecule has 1 amide bonds. The highest BCUT2D eigenvalue weighted by Crippen LogP contribution is 2.03. The van der Waals surface area contributed by atoms with E-state index >= 15 is 0 Å². The molecule has 0 bridgehead atoms. The molecular weight excluding hydrogens is 258 g/mol. The van der Waals surface area contributed by atoms with Crippen molar-refractivity contribution in [3.63, 3.8) is 0 Å². The molecule has 0 aliphatic carbocycles. The van der Waals surface area contributed by atoms with Crippen LogP contribution in [0.4, 0.5) is 0 Å². The van der Waals surface area contributed by atoms with Gasteiger partial charge in [-0.05, 0) is 6.07 Å². The summed E-state index contributed by atoms with van der Waals surface area (Å²) >= 11 is 0. The zero-order valence-corrected chi connectivity index (χ0v) is 11.0. The van der Waals surface area contributed by atoms with Gasteiger partial charge in [-0.25, -0.2) is 13.1 Å². The maximum atomic E-state index is 11.7. The molecule has 0 unspecified atom stereocenters. The molecule has 0 radical (unpaired) electrons. The number of hydrogen-bond acceptors (Lipinski definition) is 4. The van der Waals surface area contributed by atoms with Crippen LogP contribution in [0.1, 0.15) is 6.42 Å². The first-order valence-electron chi connectivity index (χ1n) is 5.21. The maximum absolute atomic E-state index is 11.7. The van der Waals surface area contributed by atoms with Gasteiger partial charge in [0.25, 0.3) is 0 Å². The highest BCUT2D eigenvalue weighted by atomic mass is 32.2. The first-order valence-corrected chi connectivity index (χ1v) is 6.70. The third-order valence-electron chi connectivity index (χ3n) is 2.20. The molecule has 0 atom stereocenters. The molecule has 0 spiro atoms. The normalized spacial score (nSPS) is 11.2. The van der Waals surface area contributed by atoms with Crippen LogP contribution in [0.2, 0.25) is 0 Å². The number of carbonyl (C=O) groups excluding carboxylic acids is 1. The minimum Gasteiger partial charge on any atom is -0.349 e. The Hall–Kier alpha value is -1.67. The van der Waals surface area contributed by atoms with E-state index in [-0.39, 0.29) is 29.3 Å². The molecule has 8 heteroatoms. The second kappa shape index (κ2) is 5.78. The number of rotatable bonds is 5. The number of sulfonamides is 1. The van der Waals surface area contributed by atoms with Crippen molar-refractivity contribution in [2.24, 2.45) is 0 Å². The van der Waals surface area contributed by atoms with E-state index in [4.69, 9.17) is 0 Å². The largest absolute Gasteiger partial charge is 0.349 e. The lowest BCUT2D eigenvalue weighted by atomic mass is 10.4. The van der Waals surface area contributed by atoms with Crippen LogP contribution >= 0.6 is 0 Å². The molecule has 0 aliphatic rings. The number of aromatic nitrogens is 1. The number of aromatic amines is 1. The molecule has 0 fully saturated rings. The molecule has 0 aromatic carbocycles. The van der Waals surface area contributed by atoms with Crippen LogP contribution in [0.15, 0.2) is 28.0 Å². The van der Waals surface area contributed by atoms with Gasteiger partial charge in [-0.3, -0.25) is 9.59 Å². The predicted molar refractivity (Wildman–Crippen MR) is 65.6 cm³/mol. The third-order valence-corrected chi connectivity index (χ3v) is 3.65. The van der Waals surface area contributed by atoms with E-state index in [1.54, 1.807) is 14.1 Å². The van der Waals surface area contributed by atoms with Crippen molar-refractivity contribution in [2.45, 2.75) is 11.3 Å². The van der Waals surface area contributed by atoms with Gasteiger partial charge in [0.2, 0.25) is 21.5 Å². The standard InChI is InChI=1S/C10H15N3O4S/c1-13(2)10(15)5-6-12-18(16,17)8-3-4-9(14)11-7-8/h3-4,7,12H,5-6H2,1-2H3,(H,11,14). The lowest BCUT2D eigenvalue weighted by Crippen LogP contribution is -2.30. The summed E-state index contributed by atoms with van der Waals surface area (Å²) < 4.78 is 25.8. The molecule has 0 aliphatic heterocycles. The molecule has 18 heavy (non-hydrogen) atoms. The first kappa shape index (κ1) is 14.4. The highest BCUT2D eigenvalue weighted by Gasteiger charge is 2.14. The molecule has 0 saturated heterocycles. The molecule has 7 nitrogen and oxygen atoms in total. The number of H-pyrrole nitrogens is 1.